The molecule has 22 nitrogen and oxygen atoms in total. The van der Waals surface area contributed by atoms with Crippen molar-refractivity contribution in [3.63, 3.8) is 0 Å². The average Bonchev–Trinajstić information content (AvgIpc) is 3.16. The van der Waals surface area contributed by atoms with E-state index in [9.17, 15) is 38.9 Å². The van der Waals surface area contributed by atoms with Gasteiger partial charge >= 0.3 is 30.2 Å². The van der Waals surface area contributed by atoms with Crippen LogP contribution in [-0.4, -0.2) is 118 Å². The molecule has 0 aliphatic carbocycles. The van der Waals surface area contributed by atoms with Crippen LogP contribution in [0.4, 0.5) is 15.3 Å². The number of nitro groups is 1. The highest BCUT2D eigenvalue weighted by Gasteiger charge is 2.47. The number of hydrogen-bond donors (Lipinski definition) is 2. The summed E-state index contributed by atoms with van der Waals surface area (Å²) in [6.07, 6.45) is -7.67. The minimum Gasteiger partial charge on any atom is -0.467 e. The van der Waals surface area contributed by atoms with E-state index in [1.165, 1.54) is 30.3 Å². The van der Waals surface area contributed by atoms with Crippen molar-refractivity contribution in [3.8, 4) is 11.5 Å². The van der Waals surface area contributed by atoms with Crippen LogP contribution in [0.1, 0.15) is 57.0 Å². The number of nitrogens with one attached hydrogen (secondary N) is 2. The summed E-state index contributed by atoms with van der Waals surface area (Å²) in [6, 6.07) is 8.78. The number of rotatable bonds is 20. The minimum absolute atomic E-state index is 0.00156. The molecule has 1 saturated heterocycles. The fourth-order valence-corrected chi connectivity index (χ4v) is 4.98. The molecule has 0 aromatic heterocycles. The van der Waals surface area contributed by atoms with Crippen molar-refractivity contribution in [3.05, 3.63) is 63.7 Å². The Morgan fingerprint density at radius 2 is 1.56 bits per heavy atom. The Hall–Kier alpha value is -6.10. The van der Waals surface area contributed by atoms with E-state index >= 15 is 0 Å². The van der Waals surface area contributed by atoms with Gasteiger partial charge in [0.05, 0.1) is 50.6 Å². The molecule has 2 aromatic rings. The van der Waals surface area contributed by atoms with E-state index in [1.54, 1.807) is 20.8 Å². The lowest BCUT2D eigenvalue weighted by atomic mass is 10.0. The third kappa shape index (κ3) is 17.1. The second kappa shape index (κ2) is 23.3. The van der Waals surface area contributed by atoms with E-state index in [2.05, 4.69) is 10.8 Å². The van der Waals surface area contributed by atoms with Crippen LogP contribution in [-0.2, 0) is 63.7 Å². The first kappa shape index (κ1) is 47.3. The number of ether oxygens (including phenoxy) is 10. The zero-order valence-electron chi connectivity index (χ0n) is 33.2. The fraction of sp³-hybridized carbons (Fsp3) is 0.514. The maximum atomic E-state index is 13.6. The largest absolute Gasteiger partial charge is 0.514 e. The van der Waals surface area contributed by atoms with Crippen LogP contribution >= 0.6 is 0 Å². The second-order valence-corrected chi connectivity index (χ2v) is 13.2. The number of carbonyl (C=O) groups excluding carboxylic acids is 6. The molecule has 324 valence electrons. The van der Waals surface area contributed by atoms with Gasteiger partial charge in [0.15, 0.2) is 6.10 Å². The summed E-state index contributed by atoms with van der Waals surface area (Å²) >= 11 is 0. The molecule has 0 spiro atoms. The van der Waals surface area contributed by atoms with E-state index in [0.29, 0.717) is 0 Å². The smallest absolute Gasteiger partial charge is 0.467 e. The van der Waals surface area contributed by atoms with Crippen molar-refractivity contribution in [1.29, 1.82) is 0 Å². The van der Waals surface area contributed by atoms with Gasteiger partial charge in [-0.2, -0.15) is 5.48 Å². The van der Waals surface area contributed by atoms with Crippen LogP contribution in [0.15, 0.2) is 42.5 Å². The molecule has 59 heavy (non-hydrogen) atoms. The summed E-state index contributed by atoms with van der Waals surface area (Å²) in [7, 11) is 1.12. The fourth-order valence-electron chi connectivity index (χ4n) is 4.98. The van der Waals surface area contributed by atoms with Crippen LogP contribution in [0, 0.1) is 10.1 Å². The SMILES string of the molecule is COC(=O)C1CC(OC(C)=O)[C@@H](OC(C)=O)[C@H](Oc2ccc(COC(=O)Oc3ccc([N+](=O)[O-])cc3)cc2C(=O)NCCOCCOCCONC(=O)OC(C)(C)C)O1. The third-order valence-electron chi connectivity index (χ3n) is 7.39. The van der Waals surface area contributed by atoms with Crippen LogP contribution in [0.2, 0.25) is 0 Å². The topological polar surface area (TPSA) is 271 Å². The number of non-ortho nitro benzene ring substituents is 1. The van der Waals surface area contributed by atoms with Crippen molar-refractivity contribution in [2.45, 2.75) is 77.8 Å². The van der Waals surface area contributed by atoms with Crippen molar-refractivity contribution >= 4 is 41.8 Å². The van der Waals surface area contributed by atoms with E-state index in [1.807, 2.05) is 0 Å². The lowest BCUT2D eigenvalue weighted by molar-refractivity contribution is -0.384. The van der Waals surface area contributed by atoms with Gasteiger partial charge in [0.25, 0.3) is 11.6 Å². The number of nitrogens with zero attached hydrogens (tertiary/aromatic N) is 1. The van der Waals surface area contributed by atoms with Gasteiger partial charge in [-0.05, 0) is 50.6 Å². The molecule has 2 amide bonds. The van der Waals surface area contributed by atoms with Gasteiger partial charge in [-0.3, -0.25) is 29.3 Å². The van der Waals surface area contributed by atoms with E-state index in [-0.39, 0.29) is 74.3 Å². The highest BCUT2D eigenvalue weighted by molar-refractivity contribution is 5.97. The first-order valence-corrected chi connectivity index (χ1v) is 18.0. The third-order valence-corrected chi connectivity index (χ3v) is 7.39. The van der Waals surface area contributed by atoms with E-state index in [4.69, 9.17) is 52.2 Å². The Morgan fingerprint density at radius 1 is 0.898 bits per heavy atom. The highest BCUT2D eigenvalue weighted by Crippen LogP contribution is 2.31. The van der Waals surface area contributed by atoms with Crippen LogP contribution in [0.5, 0.6) is 11.5 Å². The summed E-state index contributed by atoms with van der Waals surface area (Å²) in [5.74, 6) is -3.24. The molecule has 1 heterocycles. The first-order chi connectivity index (χ1) is 27.9. The monoisotopic (exact) mass is 837 g/mol. The summed E-state index contributed by atoms with van der Waals surface area (Å²) in [4.78, 5) is 89.4. The predicted octanol–water partition coefficient (Wildman–Crippen LogP) is 3.06. The molecule has 2 unspecified atom stereocenters. The van der Waals surface area contributed by atoms with Gasteiger partial charge in [0.1, 0.15) is 29.8 Å². The standard InChI is InChI=1S/C37H47N3O19/c1-22(41)54-29-20-30(33(44)49-6)58-34(31(29)55-23(2)42)57-28-12-7-24(21-52-36(46)56-26-10-8-25(9-11-26)40(47)48)19-27(28)32(43)38-13-14-50-15-16-51-17-18-53-39-35(45)59-37(3,4)5/h7-12,19,29-31,34H,13-18,20-21H2,1-6H3,(H,38,43)(H,39,45)/t29?,30?,31-,34-/m1/s1. The molecule has 0 bridgehead atoms. The Balaban J connectivity index is 1.68. The Morgan fingerprint density at radius 3 is 2.19 bits per heavy atom. The average molecular weight is 838 g/mol. The van der Waals surface area contributed by atoms with E-state index < -0.39 is 77.8 Å². The molecule has 1 fully saturated rings. The van der Waals surface area contributed by atoms with Crippen molar-refractivity contribution in [1.82, 2.24) is 10.8 Å². The minimum atomic E-state index is -1.60. The number of benzene rings is 2. The maximum absolute atomic E-state index is 13.6. The van der Waals surface area contributed by atoms with Gasteiger partial charge in [-0.25, -0.2) is 14.4 Å². The molecule has 1 aliphatic heterocycles. The molecular formula is C37H47N3O19. The molecule has 2 aromatic carbocycles. The number of methoxy groups -OCH3 is 1. The van der Waals surface area contributed by atoms with Gasteiger partial charge in [-0.1, -0.05) is 6.07 Å². The zero-order valence-corrected chi connectivity index (χ0v) is 33.2. The van der Waals surface area contributed by atoms with Crippen molar-refractivity contribution in [2.24, 2.45) is 0 Å². The number of nitro benzene ring substituents is 1. The molecule has 3 rings (SSSR count). The van der Waals surface area contributed by atoms with E-state index in [0.717, 1.165) is 33.1 Å². The molecule has 1 aliphatic rings. The first-order valence-electron chi connectivity index (χ1n) is 18.0. The molecule has 22 heteroatoms. The predicted molar refractivity (Wildman–Crippen MR) is 197 cm³/mol. The Bertz CT molecular complexity index is 1760. The lowest BCUT2D eigenvalue weighted by Gasteiger charge is -2.39. The quantitative estimate of drug-likeness (QED) is 0.0484. The number of esters is 3. The Kier molecular flexibility index (Phi) is 18.7. The summed E-state index contributed by atoms with van der Waals surface area (Å²) in [5, 5.41) is 13.6. The number of hydroxylamine groups is 1. The van der Waals surface area contributed by atoms with Gasteiger partial charge in [0.2, 0.25) is 12.4 Å². The number of hydrogen-bond acceptors (Lipinski definition) is 19. The molecular weight excluding hydrogens is 790 g/mol. The van der Waals surface area contributed by atoms with Crippen molar-refractivity contribution < 1.29 is 85.9 Å². The second-order valence-electron chi connectivity index (χ2n) is 13.2. The normalized spacial score (nSPS) is 17.4. The number of carbonyl (C=O) groups is 6. The summed E-state index contributed by atoms with van der Waals surface area (Å²) < 4.78 is 53.6. The highest BCUT2D eigenvalue weighted by atomic mass is 16.7. The molecule has 4 atom stereocenters. The van der Waals surface area contributed by atoms with Crippen LogP contribution < -0.4 is 20.3 Å². The molecule has 2 N–H and O–H groups in total. The van der Waals surface area contributed by atoms with Gasteiger partial charge in [0, 0.05) is 38.9 Å². The summed E-state index contributed by atoms with van der Waals surface area (Å²) in [6.45, 7) is 7.49. The molecule has 0 saturated carbocycles. The van der Waals surface area contributed by atoms with Crippen LogP contribution in [0.3, 0.4) is 0 Å². The summed E-state index contributed by atoms with van der Waals surface area (Å²) in [5.41, 5.74) is 1.38. The van der Waals surface area contributed by atoms with Crippen molar-refractivity contribution in [2.75, 3.05) is 46.7 Å². The lowest BCUT2D eigenvalue weighted by Crippen LogP contribution is -2.56. The van der Waals surface area contributed by atoms with Gasteiger partial charge in [-0.15, -0.1) is 0 Å². The van der Waals surface area contributed by atoms with Gasteiger partial charge < -0.3 is 52.7 Å². The molecule has 0 radical (unpaired) electrons. The maximum Gasteiger partial charge on any atom is 0.514 e. The Labute approximate surface area is 338 Å². The van der Waals surface area contributed by atoms with Crippen LogP contribution in [0.25, 0.3) is 0 Å². The number of amides is 2. The zero-order chi connectivity index (χ0) is 43.5.